The molecule has 6 heteroatoms. The van der Waals surface area contributed by atoms with Crippen molar-refractivity contribution in [2.24, 2.45) is 0 Å². The number of fused-ring (bicyclic) bond motifs is 1. The first-order chi connectivity index (χ1) is 14.2. The fourth-order valence-corrected chi connectivity index (χ4v) is 3.08. The molecule has 0 fully saturated rings. The number of aromatic nitrogens is 2. The maximum atomic E-state index is 12.3. The predicted octanol–water partition coefficient (Wildman–Crippen LogP) is 4.19. The Morgan fingerprint density at radius 3 is 2.59 bits per heavy atom. The molecule has 0 saturated heterocycles. The van der Waals surface area contributed by atoms with E-state index in [1.165, 1.54) is 0 Å². The highest BCUT2D eigenvalue weighted by atomic mass is 16.5. The highest BCUT2D eigenvalue weighted by Gasteiger charge is 2.11. The van der Waals surface area contributed by atoms with Crippen LogP contribution >= 0.6 is 0 Å². The zero-order valence-corrected chi connectivity index (χ0v) is 16.1. The van der Waals surface area contributed by atoms with Crippen LogP contribution in [0.25, 0.3) is 22.3 Å². The van der Waals surface area contributed by atoms with Crippen LogP contribution in [0.4, 0.5) is 0 Å². The second-order valence-corrected chi connectivity index (χ2v) is 6.44. The van der Waals surface area contributed by atoms with Crippen molar-refractivity contribution >= 4 is 10.9 Å². The zero-order valence-electron chi connectivity index (χ0n) is 16.1. The summed E-state index contributed by atoms with van der Waals surface area (Å²) in [5.41, 5.74) is 2.18. The third-order valence-electron chi connectivity index (χ3n) is 4.58. The quantitative estimate of drug-likeness (QED) is 0.536. The van der Waals surface area contributed by atoms with Gasteiger partial charge in [0, 0.05) is 5.56 Å². The van der Waals surface area contributed by atoms with Gasteiger partial charge in [0.25, 0.3) is 5.56 Å². The van der Waals surface area contributed by atoms with E-state index in [0.717, 1.165) is 16.9 Å². The standard InChI is InChI=1S/C23H20N2O4/c1-27-17-7-5-6-15(12-17)14-29-20-11-10-16(13-21(20)28-2)22-24-19-9-4-3-8-18(19)23(26)25-22/h3-13H,14H2,1-2H3,(H,24,25,26). The molecule has 6 nitrogen and oxygen atoms in total. The summed E-state index contributed by atoms with van der Waals surface area (Å²) in [6, 6.07) is 20.4. The van der Waals surface area contributed by atoms with Crippen LogP contribution in [0, 0.1) is 0 Å². The second kappa shape index (κ2) is 8.06. The Hall–Kier alpha value is -3.80. The van der Waals surface area contributed by atoms with Gasteiger partial charge >= 0.3 is 0 Å². The average Bonchev–Trinajstić information content (AvgIpc) is 2.77. The number of nitrogens with zero attached hydrogens (tertiary/aromatic N) is 1. The van der Waals surface area contributed by atoms with E-state index in [1.54, 1.807) is 26.4 Å². The third-order valence-corrected chi connectivity index (χ3v) is 4.58. The van der Waals surface area contributed by atoms with E-state index < -0.39 is 0 Å². The van der Waals surface area contributed by atoms with Crippen LogP contribution in [0.5, 0.6) is 17.2 Å². The number of H-pyrrole nitrogens is 1. The molecule has 0 bridgehead atoms. The van der Waals surface area contributed by atoms with Crippen molar-refractivity contribution in [3.05, 3.63) is 82.6 Å². The molecule has 3 aromatic carbocycles. The van der Waals surface area contributed by atoms with E-state index in [4.69, 9.17) is 14.2 Å². The first kappa shape index (κ1) is 18.6. The smallest absolute Gasteiger partial charge is 0.259 e. The Morgan fingerprint density at radius 2 is 1.76 bits per heavy atom. The minimum Gasteiger partial charge on any atom is -0.497 e. The molecule has 146 valence electrons. The topological polar surface area (TPSA) is 73.4 Å². The summed E-state index contributed by atoms with van der Waals surface area (Å²) in [6.45, 7) is 0.373. The summed E-state index contributed by atoms with van der Waals surface area (Å²) < 4.78 is 16.7. The normalized spacial score (nSPS) is 10.7. The van der Waals surface area contributed by atoms with Crippen LogP contribution in [0.1, 0.15) is 5.56 Å². The lowest BCUT2D eigenvalue weighted by atomic mass is 10.1. The van der Waals surface area contributed by atoms with Crippen LogP contribution in [-0.2, 0) is 6.61 Å². The Bertz CT molecular complexity index is 1220. The molecular weight excluding hydrogens is 368 g/mol. The van der Waals surface area contributed by atoms with E-state index >= 15 is 0 Å². The molecule has 0 spiro atoms. The van der Waals surface area contributed by atoms with Gasteiger partial charge in [-0.15, -0.1) is 0 Å². The van der Waals surface area contributed by atoms with Gasteiger partial charge in [0.1, 0.15) is 18.2 Å². The van der Waals surface area contributed by atoms with Crippen molar-refractivity contribution in [3.63, 3.8) is 0 Å². The average molecular weight is 388 g/mol. The van der Waals surface area contributed by atoms with Gasteiger partial charge in [0.05, 0.1) is 25.1 Å². The maximum absolute atomic E-state index is 12.3. The van der Waals surface area contributed by atoms with Crippen LogP contribution in [0.3, 0.4) is 0 Å². The van der Waals surface area contributed by atoms with Crippen molar-refractivity contribution < 1.29 is 14.2 Å². The molecule has 0 aliphatic rings. The molecule has 0 radical (unpaired) electrons. The van der Waals surface area contributed by atoms with Crippen molar-refractivity contribution in [3.8, 4) is 28.6 Å². The third kappa shape index (κ3) is 3.91. The van der Waals surface area contributed by atoms with Gasteiger partial charge in [0.15, 0.2) is 11.5 Å². The fraction of sp³-hybridized carbons (Fsp3) is 0.130. The molecule has 0 aliphatic heterocycles. The molecule has 4 aromatic rings. The Labute approximate surface area is 167 Å². The Balaban J connectivity index is 1.62. The van der Waals surface area contributed by atoms with Crippen LogP contribution in [0.15, 0.2) is 71.5 Å². The molecule has 4 rings (SSSR count). The van der Waals surface area contributed by atoms with E-state index in [1.807, 2.05) is 54.6 Å². The van der Waals surface area contributed by atoms with E-state index in [2.05, 4.69) is 9.97 Å². The lowest BCUT2D eigenvalue weighted by molar-refractivity contribution is 0.284. The number of aromatic amines is 1. The fourth-order valence-electron chi connectivity index (χ4n) is 3.08. The van der Waals surface area contributed by atoms with Gasteiger partial charge in [-0.2, -0.15) is 0 Å². The monoisotopic (exact) mass is 388 g/mol. The summed E-state index contributed by atoms with van der Waals surface area (Å²) in [6.07, 6.45) is 0. The van der Waals surface area contributed by atoms with Gasteiger partial charge in [-0.1, -0.05) is 24.3 Å². The van der Waals surface area contributed by atoms with Crippen molar-refractivity contribution in [1.82, 2.24) is 9.97 Å². The summed E-state index contributed by atoms with van der Waals surface area (Å²) in [5.74, 6) is 2.41. The minimum atomic E-state index is -0.178. The Morgan fingerprint density at radius 1 is 0.897 bits per heavy atom. The van der Waals surface area contributed by atoms with Crippen molar-refractivity contribution in [1.29, 1.82) is 0 Å². The van der Waals surface area contributed by atoms with Gasteiger partial charge in [-0.05, 0) is 48.0 Å². The summed E-state index contributed by atoms with van der Waals surface area (Å²) >= 11 is 0. The zero-order chi connectivity index (χ0) is 20.2. The molecule has 0 atom stereocenters. The molecule has 0 amide bonds. The van der Waals surface area contributed by atoms with Gasteiger partial charge in [-0.25, -0.2) is 4.98 Å². The molecule has 1 aromatic heterocycles. The number of ether oxygens (including phenoxy) is 3. The number of nitrogens with one attached hydrogen (secondary N) is 1. The summed E-state index contributed by atoms with van der Waals surface area (Å²) in [7, 11) is 3.21. The van der Waals surface area contributed by atoms with Crippen molar-refractivity contribution in [2.75, 3.05) is 14.2 Å². The summed E-state index contributed by atoms with van der Waals surface area (Å²) in [5, 5.41) is 0.557. The maximum Gasteiger partial charge on any atom is 0.259 e. The molecule has 1 N–H and O–H groups in total. The lowest BCUT2D eigenvalue weighted by Crippen LogP contribution is -2.09. The van der Waals surface area contributed by atoms with Gasteiger partial charge in [0.2, 0.25) is 0 Å². The molecule has 0 saturated carbocycles. The summed E-state index contributed by atoms with van der Waals surface area (Å²) in [4.78, 5) is 19.7. The number of hydrogen-bond acceptors (Lipinski definition) is 5. The molecular formula is C23H20N2O4. The van der Waals surface area contributed by atoms with Crippen LogP contribution in [-0.4, -0.2) is 24.2 Å². The largest absolute Gasteiger partial charge is 0.497 e. The number of rotatable bonds is 6. The molecule has 0 unspecified atom stereocenters. The molecule has 1 heterocycles. The first-order valence-corrected chi connectivity index (χ1v) is 9.11. The van der Waals surface area contributed by atoms with E-state index in [0.29, 0.717) is 34.8 Å². The van der Waals surface area contributed by atoms with Gasteiger partial charge in [-0.3, -0.25) is 4.79 Å². The second-order valence-electron chi connectivity index (χ2n) is 6.44. The van der Waals surface area contributed by atoms with Crippen molar-refractivity contribution in [2.45, 2.75) is 6.61 Å². The highest BCUT2D eigenvalue weighted by Crippen LogP contribution is 2.32. The first-order valence-electron chi connectivity index (χ1n) is 9.11. The number of hydrogen-bond donors (Lipinski definition) is 1. The van der Waals surface area contributed by atoms with E-state index in [-0.39, 0.29) is 5.56 Å². The molecule has 0 aliphatic carbocycles. The lowest BCUT2D eigenvalue weighted by Gasteiger charge is -2.13. The highest BCUT2D eigenvalue weighted by molar-refractivity contribution is 5.79. The van der Waals surface area contributed by atoms with Gasteiger partial charge < -0.3 is 19.2 Å². The number of methoxy groups -OCH3 is 2. The van der Waals surface area contributed by atoms with Crippen LogP contribution < -0.4 is 19.8 Å². The SMILES string of the molecule is COc1cccc(COc2ccc(-c3nc4ccccc4c(=O)[nH]3)cc2OC)c1. The molecule has 29 heavy (non-hydrogen) atoms. The van der Waals surface area contributed by atoms with Crippen LogP contribution in [0.2, 0.25) is 0 Å². The number of para-hydroxylation sites is 1. The Kier molecular flexibility index (Phi) is 5.16. The number of benzene rings is 3. The van der Waals surface area contributed by atoms with E-state index in [9.17, 15) is 4.79 Å². The predicted molar refractivity (Wildman–Crippen MR) is 112 cm³/mol. The minimum absolute atomic E-state index is 0.178.